The Labute approximate surface area is 92.5 Å². The number of carboxylic acids is 1. The smallest absolute Gasteiger partial charge is 0.339 e. The first-order chi connectivity index (χ1) is 7.63. The largest absolute Gasteiger partial charge is 0.495 e. The SMILES string of the molecule is COc1c(C(=O)O)ccc2cc(C)ncc12. The van der Waals surface area contributed by atoms with Gasteiger partial charge in [-0.1, -0.05) is 6.07 Å². The Kier molecular flexibility index (Phi) is 2.48. The normalized spacial score (nSPS) is 10.4. The van der Waals surface area contributed by atoms with E-state index in [4.69, 9.17) is 9.84 Å². The molecule has 82 valence electrons. The lowest BCUT2D eigenvalue weighted by molar-refractivity contribution is 0.0693. The van der Waals surface area contributed by atoms with E-state index in [0.717, 1.165) is 11.1 Å². The number of fused-ring (bicyclic) bond motifs is 1. The maximum Gasteiger partial charge on any atom is 0.339 e. The molecule has 4 heteroatoms. The number of aryl methyl sites for hydroxylation is 1. The first kappa shape index (κ1) is 10.4. The molecule has 1 heterocycles. The second kappa shape index (κ2) is 3.81. The summed E-state index contributed by atoms with van der Waals surface area (Å²) in [7, 11) is 1.46. The molecule has 0 saturated carbocycles. The first-order valence-electron chi connectivity index (χ1n) is 4.80. The molecule has 1 aromatic carbocycles. The maximum absolute atomic E-state index is 11.0. The van der Waals surface area contributed by atoms with Gasteiger partial charge in [0.25, 0.3) is 0 Å². The van der Waals surface area contributed by atoms with Crippen molar-refractivity contribution in [2.75, 3.05) is 7.11 Å². The molecule has 16 heavy (non-hydrogen) atoms. The van der Waals surface area contributed by atoms with Crippen molar-refractivity contribution in [3.63, 3.8) is 0 Å². The van der Waals surface area contributed by atoms with Crippen molar-refractivity contribution >= 4 is 16.7 Å². The lowest BCUT2D eigenvalue weighted by Gasteiger charge is -2.08. The lowest BCUT2D eigenvalue weighted by Crippen LogP contribution is -2.01. The van der Waals surface area contributed by atoms with Crippen LogP contribution in [0.1, 0.15) is 16.1 Å². The average molecular weight is 217 g/mol. The summed E-state index contributed by atoms with van der Waals surface area (Å²) in [4.78, 5) is 15.1. The molecule has 0 aliphatic carbocycles. The molecule has 0 atom stereocenters. The summed E-state index contributed by atoms with van der Waals surface area (Å²) in [6, 6.07) is 5.20. The van der Waals surface area contributed by atoms with E-state index in [1.54, 1.807) is 18.3 Å². The van der Waals surface area contributed by atoms with Gasteiger partial charge < -0.3 is 9.84 Å². The average Bonchev–Trinajstić information content (AvgIpc) is 2.26. The number of carboxylic acid groups (broad SMARTS) is 1. The number of rotatable bonds is 2. The monoisotopic (exact) mass is 217 g/mol. The molecule has 0 radical (unpaired) electrons. The summed E-state index contributed by atoms with van der Waals surface area (Å²) < 4.78 is 5.14. The second-order valence-electron chi connectivity index (χ2n) is 3.50. The maximum atomic E-state index is 11.0. The number of aromatic nitrogens is 1. The Bertz CT molecular complexity index is 563. The van der Waals surface area contributed by atoms with Gasteiger partial charge in [0, 0.05) is 17.3 Å². The van der Waals surface area contributed by atoms with E-state index in [-0.39, 0.29) is 5.56 Å². The van der Waals surface area contributed by atoms with Crippen LogP contribution in [0.4, 0.5) is 0 Å². The molecule has 0 aliphatic heterocycles. The van der Waals surface area contributed by atoms with Gasteiger partial charge in [0.2, 0.25) is 0 Å². The van der Waals surface area contributed by atoms with Crippen molar-refractivity contribution in [1.29, 1.82) is 0 Å². The minimum Gasteiger partial charge on any atom is -0.495 e. The molecule has 0 fully saturated rings. The summed E-state index contributed by atoms with van der Waals surface area (Å²) >= 11 is 0. The van der Waals surface area contributed by atoms with Crippen LogP contribution < -0.4 is 4.74 Å². The van der Waals surface area contributed by atoms with Crippen molar-refractivity contribution in [3.8, 4) is 5.75 Å². The van der Waals surface area contributed by atoms with Crippen LogP contribution in [0.3, 0.4) is 0 Å². The summed E-state index contributed by atoms with van der Waals surface area (Å²) in [5.74, 6) is -0.642. The van der Waals surface area contributed by atoms with Crippen LogP contribution in [-0.2, 0) is 0 Å². The van der Waals surface area contributed by atoms with Gasteiger partial charge in [-0.3, -0.25) is 4.98 Å². The van der Waals surface area contributed by atoms with Crippen molar-refractivity contribution in [2.24, 2.45) is 0 Å². The Morgan fingerprint density at radius 2 is 2.19 bits per heavy atom. The van der Waals surface area contributed by atoms with E-state index in [1.807, 2.05) is 13.0 Å². The van der Waals surface area contributed by atoms with Crippen molar-refractivity contribution in [3.05, 3.63) is 35.7 Å². The topological polar surface area (TPSA) is 59.4 Å². The van der Waals surface area contributed by atoms with Gasteiger partial charge in [0.15, 0.2) is 0 Å². The molecule has 2 aromatic rings. The number of aromatic carboxylic acids is 1. The molecule has 0 amide bonds. The molecule has 0 saturated heterocycles. The number of nitrogens with zero attached hydrogens (tertiary/aromatic N) is 1. The molecule has 0 spiro atoms. The number of hydrogen-bond donors (Lipinski definition) is 1. The van der Waals surface area contributed by atoms with E-state index in [2.05, 4.69) is 4.98 Å². The van der Waals surface area contributed by atoms with Gasteiger partial charge in [0.1, 0.15) is 11.3 Å². The molecule has 2 rings (SSSR count). The number of carbonyl (C=O) groups is 1. The molecule has 0 bridgehead atoms. The Morgan fingerprint density at radius 1 is 1.44 bits per heavy atom. The highest BCUT2D eigenvalue weighted by Gasteiger charge is 2.14. The van der Waals surface area contributed by atoms with Crippen LogP contribution >= 0.6 is 0 Å². The molecule has 0 unspecified atom stereocenters. The lowest BCUT2D eigenvalue weighted by atomic mass is 10.1. The summed E-state index contributed by atoms with van der Waals surface area (Å²) in [6.45, 7) is 1.89. The zero-order valence-electron chi connectivity index (χ0n) is 9.02. The van der Waals surface area contributed by atoms with Crippen molar-refractivity contribution in [1.82, 2.24) is 4.98 Å². The Morgan fingerprint density at radius 3 is 2.81 bits per heavy atom. The van der Waals surface area contributed by atoms with E-state index in [1.165, 1.54) is 7.11 Å². The number of methoxy groups -OCH3 is 1. The summed E-state index contributed by atoms with van der Waals surface area (Å²) in [5.41, 5.74) is 1.04. The standard InChI is InChI=1S/C12H11NO3/c1-7-5-8-3-4-9(12(14)15)11(16-2)10(8)6-13-7/h3-6H,1-2H3,(H,14,15). The van der Waals surface area contributed by atoms with Gasteiger partial charge in [0.05, 0.1) is 7.11 Å². The highest BCUT2D eigenvalue weighted by molar-refractivity contribution is 6.00. The molecular formula is C12H11NO3. The Hall–Kier alpha value is -2.10. The van der Waals surface area contributed by atoms with Gasteiger partial charge in [-0.25, -0.2) is 4.79 Å². The highest BCUT2D eigenvalue weighted by Crippen LogP contribution is 2.29. The van der Waals surface area contributed by atoms with Gasteiger partial charge in [-0.2, -0.15) is 0 Å². The van der Waals surface area contributed by atoms with Gasteiger partial charge in [-0.15, -0.1) is 0 Å². The van der Waals surface area contributed by atoms with Crippen LogP contribution in [0, 0.1) is 6.92 Å². The zero-order chi connectivity index (χ0) is 11.7. The third-order valence-corrected chi connectivity index (χ3v) is 2.43. The Balaban J connectivity index is 2.80. The first-order valence-corrected chi connectivity index (χ1v) is 4.80. The van der Waals surface area contributed by atoms with E-state index < -0.39 is 5.97 Å². The second-order valence-corrected chi connectivity index (χ2v) is 3.50. The molecule has 1 aromatic heterocycles. The molecule has 0 aliphatic rings. The fourth-order valence-corrected chi connectivity index (χ4v) is 1.69. The van der Waals surface area contributed by atoms with E-state index >= 15 is 0 Å². The van der Waals surface area contributed by atoms with Crippen LogP contribution in [0.2, 0.25) is 0 Å². The molecule has 1 N–H and O–H groups in total. The van der Waals surface area contributed by atoms with Crippen LogP contribution in [-0.4, -0.2) is 23.2 Å². The predicted molar refractivity (Wildman–Crippen MR) is 60.0 cm³/mol. The van der Waals surface area contributed by atoms with Crippen molar-refractivity contribution in [2.45, 2.75) is 6.92 Å². The minimum atomic E-state index is -1.00. The summed E-state index contributed by atoms with van der Waals surface area (Å²) in [6.07, 6.45) is 1.63. The molecular weight excluding hydrogens is 206 g/mol. The third-order valence-electron chi connectivity index (χ3n) is 2.43. The van der Waals surface area contributed by atoms with Crippen LogP contribution in [0.25, 0.3) is 10.8 Å². The van der Waals surface area contributed by atoms with Crippen LogP contribution in [0.5, 0.6) is 5.75 Å². The van der Waals surface area contributed by atoms with Crippen LogP contribution in [0.15, 0.2) is 24.4 Å². The third kappa shape index (κ3) is 1.58. The van der Waals surface area contributed by atoms with Crippen molar-refractivity contribution < 1.29 is 14.6 Å². The summed E-state index contributed by atoms with van der Waals surface area (Å²) in [5, 5.41) is 10.7. The van der Waals surface area contributed by atoms with Gasteiger partial charge in [-0.05, 0) is 24.4 Å². The number of pyridine rings is 1. The van der Waals surface area contributed by atoms with E-state index in [0.29, 0.717) is 11.1 Å². The minimum absolute atomic E-state index is 0.153. The zero-order valence-corrected chi connectivity index (χ0v) is 9.02. The number of benzene rings is 1. The fourth-order valence-electron chi connectivity index (χ4n) is 1.69. The molecule has 4 nitrogen and oxygen atoms in total. The fraction of sp³-hybridized carbons (Fsp3) is 0.167. The predicted octanol–water partition coefficient (Wildman–Crippen LogP) is 2.25. The van der Waals surface area contributed by atoms with Gasteiger partial charge >= 0.3 is 5.97 Å². The quantitative estimate of drug-likeness (QED) is 0.838. The number of hydrogen-bond acceptors (Lipinski definition) is 3. The number of ether oxygens (including phenoxy) is 1. The van der Waals surface area contributed by atoms with E-state index in [9.17, 15) is 4.79 Å². The highest BCUT2D eigenvalue weighted by atomic mass is 16.5.